The molecule has 0 atom stereocenters. The van der Waals surface area contributed by atoms with Crippen LogP contribution in [0.4, 0.5) is 0 Å². The number of methoxy groups -OCH3 is 1. The third kappa shape index (κ3) is 2.06. The molecular weight excluding hydrogens is 257 g/mol. The van der Waals surface area contributed by atoms with Gasteiger partial charge in [0.1, 0.15) is 5.70 Å². The molecule has 72 valence electrons. The number of carbonyl (C=O) groups is 1. The second kappa shape index (κ2) is 4.15. The molecule has 0 saturated carbocycles. The molecule has 0 aliphatic carbocycles. The lowest BCUT2D eigenvalue weighted by Gasteiger charge is -2.18. The van der Waals surface area contributed by atoms with Gasteiger partial charge in [0.25, 0.3) is 0 Å². The molecule has 0 amide bonds. The molecule has 13 heavy (non-hydrogen) atoms. The van der Waals surface area contributed by atoms with Crippen molar-refractivity contribution in [1.82, 2.24) is 5.32 Å². The van der Waals surface area contributed by atoms with Crippen molar-refractivity contribution in [2.24, 2.45) is 0 Å². The van der Waals surface area contributed by atoms with E-state index in [1.54, 1.807) is 0 Å². The summed E-state index contributed by atoms with van der Waals surface area (Å²) in [4.78, 5) is 11.2. The van der Waals surface area contributed by atoms with Crippen LogP contribution >= 0.6 is 27.5 Å². The number of dihydropyridines is 1. The zero-order chi connectivity index (χ0) is 10.0. The molecule has 0 aromatic carbocycles. The first-order valence-corrected chi connectivity index (χ1v) is 4.82. The second-order valence-electron chi connectivity index (χ2n) is 2.56. The molecule has 1 rings (SSSR count). The quantitative estimate of drug-likeness (QED) is 0.737. The minimum absolute atomic E-state index is 0.324. The van der Waals surface area contributed by atoms with Crippen LogP contribution in [0.5, 0.6) is 0 Å². The Balaban J connectivity index is 3.05. The zero-order valence-electron chi connectivity index (χ0n) is 7.28. The predicted octanol–water partition coefficient (Wildman–Crippen LogP) is 1.88. The van der Waals surface area contributed by atoms with Crippen molar-refractivity contribution < 1.29 is 9.53 Å². The largest absolute Gasteiger partial charge is 0.464 e. The van der Waals surface area contributed by atoms with Gasteiger partial charge >= 0.3 is 5.97 Å². The Morgan fingerprint density at radius 1 is 1.69 bits per heavy atom. The van der Waals surface area contributed by atoms with Crippen molar-refractivity contribution >= 4 is 33.5 Å². The van der Waals surface area contributed by atoms with E-state index in [0.29, 0.717) is 17.3 Å². The summed E-state index contributed by atoms with van der Waals surface area (Å²) in [5.41, 5.74) is 1.19. The molecular formula is C8H9BrClNO2. The maximum absolute atomic E-state index is 11.2. The van der Waals surface area contributed by atoms with Crippen molar-refractivity contribution in [2.75, 3.05) is 13.7 Å². The fourth-order valence-corrected chi connectivity index (χ4v) is 1.66. The monoisotopic (exact) mass is 265 g/mol. The number of esters is 1. The van der Waals surface area contributed by atoms with Crippen molar-refractivity contribution in [2.45, 2.75) is 6.92 Å². The lowest BCUT2D eigenvalue weighted by atomic mass is 10.2. The van der Waals surface area contributed by atoms with Crippen LogP contribution in [0.2, 0.25) is 0 Å². The van der Waals surface area contributed by atoms with E-state index in [1.807, 2.05) is 6.92 Å². The molecule has 0 radical (unpaired) electrons. The summed E-state index contributed by atoms with van der Waals surface area (Å²) in [6.07, 6.45) is 0. The van der Waals surface area contributed by atoms with E-state index >= 15 is 0 Å². The van der Waals surface area contributed by atoms with Gasteiger partial charge in [-0.2, -0.15) is 0 Å². The van der Waals surface area contributed by atoms with Crippen LogP contribution < -0.4 is 5.32 Å². The Kier molecular flexibility index (Phi) is 3.39. The molecule has 5 heteroatoms. The first kappa shape index (κ1) is 10.6. The van der Waals surface area contributed by atoms with E-state index in [9.17, 15) is 4.79 Å². The standard InChI is InChI=1S/C8H9BrClNO2/c1-4-5(9)3-11-7(6(4)10)8(12)13-2/h11H,3H2,1-2H3. The molecule has 0 aromatic rings. The van der Waals surface area contributed by atoms with Gasteiger partial charge in [0, 0.05) is 11.0 Å². The topological polar surface area (TPSA) is 38.3 Å². The van der Waals surface area contributed by atoms with E-state index in [2.05, 4.69) is 26.0 Å². The van der Waals surface area contributed by atoms with Crippen LogP contribution in [0.1, 0.15) is 6.92 Å². The summed E-state index contributed by atoms with van der Waals surface area (Å²) in [6.45, 7) is 2.41. The summed E-state index contributed by atoms with van der Waals surface area (Å²) in [7, 11) is 1.32. The number of halogens is 2. The van der Waals surface area contributed by atoms with E-state index in [-0.39, 0.29) is 0 Å². The number of ether oxygens (including phenoxy) is 1. The third-order valence-corrected chi connectivity index (χ3v) is 3.11. The number of rotatable bonds is 1. The second-order valence-corrected chi connectivity index (χ2v) is 3.90. The highest BCUT2D eigenvalue weighted by Crippen LogP contribution is 2.28. The average Bonchev–Trinajstić information content (AvgIpc) is 2.13. The highest BCUT2D eigenvalue weighted by atomic mass is 79.9. The fraction of sp³-hybridized carbons (Fsp3) is 0.375. The van der Waals surface area contributed by atoms with E-state index in [4.69, 9.17) is 11.6 Å². The number of hydrogen-bond donors (Lipinski definition) is 1. The van der Waals surface area contributed by atoms with Gasteiger partial charge in [0.2, 0.25) is 0 Å². The van der Waals surface area contributed by atoms with Crippen LogP contribution in [0.25, 0.3) is 0 Å². The SMILES string of the molecule is COC(=O)C1=C(Cl)C(C)=C(Br)CN1. The lowest BCUT2D eigenvalue weighted by molar-refractivity contribution is -0.136. The van der Waals surface area contributed by atoms with E-state index in [1.165, 1.54) is 7.11 Å². The Morgan fingerprint density at radius 2 is 2.31 bits per heavy atom. The van der Waals surface area contributed by atoms with E-state index in [0.717, 1.165) is 10.1 Å². The summed E-state index contributed by atoms with van der Waals surface area (Å²) in [6, 6.07) is 0. The van der Waals surface area contributed by atoms with Crippen LogP contribution in [0.15, 0.2) is 20.8 Å². The summed E-state index contributed by atoms with van der Waals surface area (Å²) in [5, 5.41) is 3.28. The molecule has 0 unspecified atom stereocenters. The molecule has 1 N–H and O–H groups in total. The fourth-order valence-electron chi connectivity index (χ4n) is 0.947. The van der Waals surface area contributed by atoms with Gasteiger partial charge in [-0.3, -0.25) is 0 Å². The number of allylic oxidation sites excluding steroid dienone is 2. The average molecular weight is 267 g/mol. The number of carbonyl (C=O) groups excluding carboxylic acids is 1. The summed E-state index contributed by atoms with van der Waals surface area (Å²) < 4.78 is 5.51. The van der Waals surface area contributed by atoms with Crippen molar-refractivity contribution in [3.63, 3.8) is 0 Å². The van der Waals surface area contributed by atoms with Crippen LogP contribution in [0, 0.1) is 0 Å². The normalized spacial score (nSPS) is 17.2. The molecule has 1 aliphatic rings. The molecule has 3 nitrogen and oxygen atoms in total. The molecule has 1 aliphatic heterocycles. The van der Waals surface area contributed by atoms with Crippen LogP contribution in [-0.2, 0) is 9.53 Å². The maximum Gasteiger partial charge on any atom is 0.355 e. The number of nitrogens with one attached hydrogen (secondary N) is 1. The van der Waals surface area contributed by atoms with Gasteiger partial charge in [-0.1, -0.05) is 27.5 Å². The molecule has 0 aromatic heterocycles. The minimum atomic E-state index is -0.440. The number of hydrogen-bond acceptors (Lipinski definition) is 3. The minimum Gasteiger partial charge on any atom is -0.464 e. The first-order valence-electron chi connectivity index (χ1n) is 3.65. The van der Waals surface area contributed by atoms with Crippen LogP contribution in [0.3, 0.4) is 0 Å². The predicted molar refractivity (Wildman–Crippen MR) is 54.5 cm³/mol. The summed E-state index contributed by atoms with van der Waals surface area (Å²) >= 11 is 9.27. The van der Waals surface area contributed by atoms with Gasteiger partial charge in [-0.15, -0.1) is 0 Å². The van der Waals surface area contributed by atoms with Gasteiger partial charge in [0.05, 0.1) is 12.1 Å². The Morgan fingerprint density at radius 3 is 2.85 bits per heavy atom. The van der Waals surface area contributed by atoms with Crippen molar-refractivity contribution in [3.05, 3.63) is 20.8 Å². The Labute approximate surface area is 89.9 Å². The van der Waals surface area contributed by atoms with Gasteiger partial charge in [-0.25, -0.2) is 4.79 Å². The Bertz CT molecular complexity index is 309. The lowest BCUT2D eigenvalue weighted by Crippen LogP contribution is -2.27. The third-order valence-electron chi connectivity index (χ3n) is 1.77. The first-order chi connectivity index (χ1) is 6.07. The van der Waals surface area contributed by atoms with Crippen LogP contribution in [-0.4, -0.2) is 19.6 Å². The molecule has 0 spiro atoms. The van der Waals surface area contributed by atoms with Crippen molar-refractivity contribution in [3.8, 4) is 0 Å². The van der Waals surface area contributed by atoms with E-state index < -0.39 is 5.97 Å². The molecule has 0 fully saturated rings. The van der Waals surface area contributed by atoms with Gasteiger partial charge in [0.15, 0.2) is 0 Å². The molecule has 0 bridgehead atoms. The Hall–Kier alpha value is -0.480. The van der Waals surface area contributed by atoms with Gasteiger partial charge < -0.3 is 10.1 Å². The molecule has 0 saturated heterocycles. The highest BCUT2D eigenvalue weighted by Gasteiger charge is 2.21. The highest BCUT2D eigenvalue weighted by molar-refractivity contribution is 9.11. The van der Waals surface area contributed by atoms with Crippen molar-refractivity contribution in [1.29, 1.82) is 0 Å². The zero-order valence-corrected chi connectivity index (χ0v) is 9.62. The summed E-state index contributed by atoms with van der Waals surface area (Å²) in [5.74, 6) is -0.440. The smallest absolute Gasteiger partial charge is 0.355 e. The van der Waals surface area contributed by atoms with Gasteiger partial charge in [-0.05, 0) is 12.5 Å². The molecule has 1 heterocycles. The maximum atomic E-state index is 11.2.